The third-order valence-corrected chi connectivity index (χ3v) is 6.26. The predicted octanol–water partition coefficient (Wildman–Crippen LogP) is 4.90. The van der Waals surface area contributed by atoms with Crippen LogP contribution in [-0.4, -0.2) is 33.5 Å². The van der Waals surface area contributed by atoms with Crippen molar-refractivity contribution in [2.75, 3.05) is 18.4 Å². The van der Waals surface area contributed by atoms with Crippen LogP contribution in [0.15, 0.2) is 47.4 Å². The molecule has 33 heavy (non-hydrogen) atoms. The highest BCUT2D eigenvalue weighted by atomic mass is 16.3. The van der Waals surface area contributed by atoms with Crippen molar-refractivity contribution in [1.82, 2.24) is 19.9 Å². The van der Waals surface area contributed by atoms with Gasteiger partial charge >= 0.3 is 0 Å². The third-order valence-electron chi connectivity index (χ3n) is 6.26. The summed E-state index contributed by atoms with van der Waals surface area (Å²) in [6.07, 6.45) is 2.61. The van der Waals surface area contributed by atoms with E-state index in [2.05, 4.69) is 63.3 Å². The van der Waals surface area contributed by atoms with Crippen LogP contribution in [0.5, 0.6) is 0 Å². The summed E-state index contributed by atoms with van der Waals surface area (Å²) in [5.74, 6) is 0.628. The molecule has 1 amide bonds. The highest BCUT2D eigenvalue weighted by molar-refractivity contribution is 6.04. The van der Waals surface area contributed by atoms with E-state index in [1.165, 1.54) is 35.0 Å². The smallest absolute Gasteiger partial charge is 0.277 e. The number of benzene rings is 1. The van der Waals surface area contributed by atoms with Crippen LogP contribution in [0, 0.1) is 19.8 Å². The molecule has 0 saturated carbocycles. The number of nitrogens with one attached hydrogen (secondary N) is 2. The normalized spacial score (nSPS) is 14.1. The van der Waals surface area contributed by atoms with Crippen LogP contribution in [-0.2, 0) is 6.54 Å². The minimum atomic E-state index is -0.283. The highest BCUT2D eigenvalue weighted by Crippen LogP contribution is 2.40. The van der Waals surface area contributed by atoms with Gasteiger partial charge < -0.3 is 19.6 Å². The Morgan fingerprint density at radius 2 is 1.97 bits per heavy atom. The van der Waals surface area contributed by atoms with Crippen LogP contribution in [0.25, 0.3) is 22.2 Å². The molecule has 2 N–H and O–H groups in total. The highest BCUT2D eigenvalue weighted by Gasteiger charge is 2.25. The first-order chi connectivity index (χ1) is 15.9. The summed E-state index contributed by atoms with van der Waals surface area (Å²) in [4.78, 5) is 21.1. The molecule has 0 atom stereocenters. The molecular formula is C26H29N5O2. The van der Waals surface area contributed by atoms with Crippen molar-refractivity contribution < 1.29 is 9.21 Å². The van der Waals surface area contributed by atoms with Crippen molar-refractivity contribution >= 4 is 22.5 Å². The van der Waals surface area contributed by atoms with E-state index in [0.29, 0.717) is 11.8 Å². The number of anilines is 1. The lowest BCUT2D eigenvalue weighted by atomic mass is 9.95. The van der Waals surface area contributed by atoms with Crippen molar-refractivity contribution in [1.29, 1.82) is 0 Å². The Morgan fingerprint density at radius 1 is 1.21 bits per heavy atom. The summed E-state index contributed by atoms with van der Waals surface area (Å²) in [6.45, 7) is 11.6. The molecule has 1 aromatic carbocycles. The Hall–Kier alpha value is -3.45. The van der Waals surface area contributed by atoms with Gasteiger partial charge in [0.2, 0.25) is 0 Å². The summed E-state index contributed by atoms with van der Waals surface area (Å²) in [6, 6.07) is 10.5. The zero-order valence-corrected chi connectivity index (χ0v) is 19.5. The van der Waals surface area contributed by atoms with Crippen LogP contribution in [0.1, 0.15) is 47.2 Å². The Morgan fingerprint density at radius 3 is 2.58 bits per heavy atom. The van der Waals surface area contributed by atoms with E-state index in [1.54, 1.807) is 0 Å². The lowest BCUT2D eigenvalue weighted by Gasteiger charge is -2.29. The molecule has 1 aliphatic rings. The largest absolute Gasteiger partial charge is 0.451 e. The summed E-state index contributed by atoms with van der Waals surface area (Å²) in [5, 5.41) is 7.52. The van der Waals surface area contributed by atoms with Gasteiger partial charge in [-0.25, -0.2) is 4.98 Å². The molecule has 5 rings (SSSR count). The number of oxazole rings is 1. The molecule has 0 bridgehead atoms. The topological polar surface area (TPSA) is 85.0 Å². The number of hydrogen-bond donors (Lipinski definition) is 2. The standard InChI is InChI=1S/C26H29N5O2/c1-15(2)24-21-9-20(30-26(32)22-13-33-14-28-22)5-6-23(21)31(12-18-10-27-11-18)25(24)19-7-16(3)29-17(4)8-19/h5-9,13-15,18,27H,10-12H2,1-4H3,(H,30,32). The van der Waals surface area contributed by atoms with Crippen molar-refractivity contribution in [3.05, 3.63) is 65.6 Å². The van der Waals surface area contributed by atoms with E-state index < -0.39 is 0 Å². The fourth-order valence-corrected chi connectivity index (χ4v) is 4.77. The van der Waals surface area contributed by atoms with Crippen LogP contribution in [0.2, 0.25) is 0 Å². The zero-order chi connectivity index (χ0) is 23.1. The van der Waals surface area contributed by atoms with Gasteiger partial charge in [-0.1, -0.05) is 13.8 Å². The maximum Gasteiger partial charge on any atom is 0.277 e. The van der Waals surface area contributed by atoms with E-state index in [1.807, 2.05) is 19.9 Å². The number of aryl methyl sites for hydroxylation is 2. The van der Waals surface area contributed by atoms with Gasteiger partial charge in [0.15, 0.2) is 12.1 Å². The van der Waals surface area contributed by atoms with Crippen molar-refractivity contribution in [2.45, 2.75) is 40.2 Å². The maximum absolute atomic E-state index is 12.5. The van der Waals surface area contributed by atoms with Crippen molar-refractivity contribution in [3.8, 4) is 11.3 Å². The van der Waals surface area contributed by atoms with E-state index >= 15 is 0 Å². The van der Waals surface area contributed by atoms with Crippen LogP contribution in [0.4, 0.5) is 5.69 Å². The summed E-state index contributed by atoms with van der Waals surface area (Å²) in [7, 11) is 0. The van der Waals surface area contributed by atoms with Gasteiger partial charge in [0.25, 0.3) is 5.91 Å². The van der Waals surface area contributed by atoms with Gasteiger partial charge in [-0.05, 0) is 55.7 Å². The minimum Gasteiger partial charge on any atom is -0.451 e. The first-order valence-corrected chi connectivity index (χ1v) is 11.4. The van der Waals surface area contributed by atoms with Gasteiger partial charge in [0.1, 0.15) is 6.26 Å². The molecule has 0 unspecified atom stereocenters. The summed E-state index contributed by atoms with van der Waals surface area (Å²) in [5.41, 5.74) is 7.96. The Labute approximate surface area is 193 Å². The molecule has 170 valence electrons. The van der Waals surface area contributed by atoms with E-state index in [-0.39, 0.29) is 11.6 Å². The second kappa shape index (κ2) is 8.48. The van der Waals surface area contributed by atoms with Gasteiger partial charge in [-0.3, -0.25) is 9.78 Å². The average molecular weight is 444 g/mol. The molecule has 1 saturated heterocycles. The number of rotatable bonds is 6. The van der Waals surface area contributed by atoms with Crippen molar-refractivity contribution in [2.24, 2.45) is 5.92 Å². The third kappa shape index (κ3) is 4.04. The molecule has 1 fully saturated rings. The number of aromatic nitrogens is 3. The first-order valence-electron chi connectivity index (χ1n) is 11.4. The second-order valence-corrected chi connectivity index (χ2v) is 9.25. The Balaban J connectivity index is 1.68. The minimum absolute atomic E-state index is 0.262. The molecule has 1 aliphatic heterocycles. The second-order valence-electron chi connectivity index (χ2n) is 9.25. The van der Waals surface area contributed by atoms with Crippen molar-refractivity contribution in [3.63, 3.8) is 0 Å². The zero-order valence-electron chi connectivity index (χ0n) is 19.5. The Kier molecular flexibility index (Phi) is 5.50. The molecule has 3 aromatic heterocycles. The van der Waals surface area contributed by atoms with Gasteiger partial charge in [-0.2, -0.15) is 0 Å². The molecule has 7 heteroatoms. The lowest BCUT2D eigenvalue weighted by molar-refractivity contribution is 0.102. The number of amides is 1. The molecule has 0 aliphatic carbocycles. The number of carbonyl (C=O) groups is 1. The molecular weight excluding hydrogens is 414 g/mol. The number of pyridine rings is 1. The monoisotopic (exact) mass is 443 g/mol. The molecule has 4 heterocycles. The summed E-state index contributed by atoms with van der Waals surface area (Å²) < 4.78 is 7.41. The average Bonchev–Trinajstić information content (AvgIpc) is 3.36. The van der Waals surface area contributed by atoms with Gasteiger partial charge in [0.05, 0.1) is 5.69 Å². The Bertz CT molecular complexity index is 1300. The summed E-state index contributed by atoms with van der Waals surface area (Å²) >= 11 is 0. The molecule has 7 nitrogen and oxygen atoms in total. The SMILES string of the molecule is Cc1cc(-c2c(C(C)C)c3cc(NC(=O)c4cocn4)ccc3n2CC2CNC2)cc(C)n1. The van der Waals surface area contributed by atoms with E-state index in [9.17, 15) is 4.79 Å². The molecule has 0 spiro atoms. The fourth-order valence-electron chi connectivity index (χ4n) is 4.77. The molecule has 0 radical (unpaired) electrons. The number of carbonyl (C=O) groups excluding carboxylic acids is 1. The van der Waals surface area contributed by atoms with Crippen LogP contribution in [0.3, 0.4) is 0 Å². The fraction of sp³-hybridized carbons (Fsp3) is 0.346. The number of nitrogens with zero attached hydrogens (tertiary/aromatic N) is 3. The van der Waals surface area contributed by atoms with Gasteiger partial charge in [0, 0.05) is 59.1 Å². The van der Waals surface area contributed by atoms with Gasteiger partial charge in [-0.15, -0.1) is 0 Å². The predicted molar refractivity (Wildman–Crippen MR) is 130 cm³/mol. The molecule has 4 aromatic rings. The van der Waals surface area contributed by atoms with E-state index in [4.69, 9.17) is 4.42 Å². The number of hydrogen-bond acceptors (Lipinski definition) is 5. The first kappa shape index (κ1) is 21.4. The van der Waals surface area contributed by atoms with Crippen LogP contribution >= 0.6 is 0 Å². The van der Waals surface area contributed by atoms with E-state index in [0.717, 1.165) is 42.1 Å². The quantitative estimate of drug-likeness (QED) is 0.443. The maximum atomic E-state index is 12.5. The lowest BCUT2D eigenvalue weighted by Crippen LogP contribution is -2.44. The van der Waals surface area contributed by atoms with Crippen LogP contribution < -0.4 is 10.6 Å². The number of fused-ring (bicyclic) bond motifs is 1.